The molecule has 2 aliphatic rings. The van der Waals surface area contributed by atoms with Gasteiger partial charge in [0, 0.05) is 25.7 Å². The molecule has 3 aromatic rings. The molecule has 2 saturated heterocycles. The van der Waals surface area contributed by atoms with Crippen LogP contribution >= 0.6 is 0 Å². The molecule has 1 N–H and O–H groups in total. The molecule has 1 atom stereocenters. The molecule has 0 radical (unpaired) electrons. The predicted octanol–water partition coefficient (Wildman–Crippen LogP) is 4.00. The third kappa shape index (κ3) is 3.42. The lowest BCUT2D eigenvalue weighted by Gasteiger charge is -2.32. The Morgan fingerprint density at radius 3 is 2.71 bits per heavy atom. The lowest BCUT2D eigenvalue weighted by Crippen LogP contribution is -2.36. The fraction of sp³-hybridized carbons (Fsp3) is 0.500. The van der Waals surface area contributed by atoms with Gasteiger partial charge in [-0.2, -0.15) is 0 Å². The molecule has 0 amide bonds. The first-order valence-electron chi connectivity index (χ1n) is 10.4. The smallest absolute Gasteiger partial charge is 0.326 e. The van der Waals surface area contributed by atoms with Crippen LogP contribution in [0.5, 0.6) is 0 Å². The summed E-state index contributed by atoms with van der Waals surface area (Å²) in [6, 6.07) is 12.4. The Balaban J connectivity index is 1.22. The summed E-state index contributed by atoms with van der Waals surface area (Å²) in [6.45, 7) is 3.59. The SMILES string of the molecule is O=c1[nH]c2ccccc2n1C1CCN(Cc2ccc(C3CCCCO3)o2)CC1. The van der Waals surface area contributed by atoms with Crippen LogP contribution in [-0.2, 0) is 11.3 Å². The minimum Gasteiger partial charge on any atom is -0.462 e. The number of furan rings is 1. The van der Waals surface area contributed by atoms with Crippen molar-refractivity contribution in [2.75, 3.05) is 19.7 Å². The molecule has 5 rings (SSSR count). The molecule has 0 saturated carbocycles. The number of imidazole rings is 1. The van der Waals surface area contributed by atoms with Crippen LogP contribution in [-0.4, -0.2) is 34.1 Å². The number of para-hydroxylation sites is 2. The normalized spacial score (nSPS) is 22.1. The van der Waals surface area contributed by atoms with Gasteiger partial charge < -0.3 is 14.1 Å². The van der Waals surface area contributed by atoms with E-state index in [1.165, 1.54) is 6.42 Å². The van der Waals surface area contributed by atoms with Crippen LogP contribution in [0.2, 0.25) is 0 Å². The van der Waals surface area contributed by atoms with Gasteiger partial charge in [0.05, 0.1) is 17.6 Å². The molecule has 1 unspecified atom stereocenters. The second kappa shape index (κ2) is 7.60. The largest absolute Gasteiger partial charge is 0.462 e. The van der Waals surface area contributed by atoms with Gasteiger partial charge in [-0.1, -0.05) is 12.1 Å². The number of aromatic nitrogens is 2. The number of H-pyrrole nitrogens is 1. The average molecular weight is 381 g/mol. The first kappa shape index (κ1) is 17.8. The van der Waals surface area contributed by atoms with E-state index >= 15 is 0 Å². The molecule has 0 bridgehead atoms. The van der Waals surface area contributed by atoms with Gasteiger partial charge in [0.15, 0.2) is 0 Å². The van der Waals surface area contributed by atoms with Crippen LogP contribution in [0.4, 0.5) is 0 Å². The minimum atomic E-state index is 0.00260. The average Bonchev–Trinajstić information content (AvgIpc) is 3.33. The highest BCUT2D eigenvalue weighted by Gasteiger charge is 2.25. The van der Waals surface area contributed by atoms with E-state index in [9.17, 15) is 4.79 Å². The highest BCUT2D eigenvalue weighted by molar-refractivity contribution is 5.75. The molecular weight excluding hydrogens is 354 g/mol. The fourth-order valence-electron chi connectivity index (χ4n) is 4.61. The third-order valence-corrected chi connectivity index (χ3v) is 6.11. The Morgan fingerprint density at radius 1 is 1.04 bits per heavy atom. The van der Waals surface area contributed by atoms with Gasteiger partial charge in [0.2, 0.25) is 0 Å². The Kier molecular flexibility index (Phi) is 4.82. The highest BCUT2D eigenvalue weighted by Crippen LogP contribution is 2.30. The van der Waals surface area contributed by atoms with Crippen LogP contribution in [0, 0.1) is 0 Å². The number of benzene rings is 1. The summed E-state index contributed by atoms with van der Waals surface area (Å²) in [6.07, 6.45) is 5.49. The second-order valence-electron chi connectivity index (χ2n) is 7.98. The lowest BCUT2D eigenvalue weighted by atomic mass is 10.0. The minimum absolute atomic E-state index is 0.00260. The molecule has 6 nitrogen and oxygen atoms in total. The van der Waals surface area contributed by atoms with Crippen molar-refractivity contribution in [3.05, 3.63) is 58.4 Å². The van der Waals surface area contributed by atoms with Gasteiger partial charge in [0.1, 0.15) is 17.6 Å². The van der Waals surface area contributed by atoms with Crippen molar-refractivity contribution in [1.82, 2.24) is 14.5 Å². The summed E-state index contributed by atoms with van der Waals surface area (Å²) in [5.41, 5.74) is 1.93. The number of piperidine rings is 1. The summed E-state index contributed by atoms with van der Waals surface area (Å²) in [5.74, 6) is 1.97. The van der Waals surface area contributed by atoms with E-state index in [0.717, 1.165) is 74.5 Å². The van der Waals surface area contributed by atoms with E-state index < -0.39 is 0 Å². The quantitative estimate of drug-likeness (QED) is 0.742. The summed E-state index contributed by atoms with van der Waals surface area (Å²) < 4.78 is 13.8. The molecule has 6 heteroatoms. The van der Waals surface area contributed by atoms with Gasteiger partial charge >= 0.3 is 5.69 Å². The van der Waals surface area contributed by atoms with Gasteiger partial charge in [-0.3, -0.25) is 9.47 Å². The number of hydrogen-bond donors (Lipinski definition) is 1. The summed E-state index contributed by atoms with van der Waals surface area (Å²) in [4.78, 5) is 17.8. The number of likely N-dealkylation sites (tertiary alicyclic amines) is 1. The van der Waals surface area contributed by atoms with Crippen molar-refractivity contribution >= 4 is 11.0 Å². The van der Waals surface area contributed by atoms with Gasteiger partial charge in [-0.25, -0.2) is 4.79 Å². The van der Waals surface area contributed by atoms with E-state index in [4.69, 9.17) is 9.15 Å². The molecule has 4 heterocycles. The molecule has 2 aliphatic heterocycles. The molecule has 2 fully saturated rings. The van der Waals surface area contributed by atoms with Crippen LogP contribution in [0.15, 0.2) is 45.6 Å². The summed E-state index contributed by atoms with van der Waals surface area (Å²) in [7, 11) is 0. The molecular formula is C22H27N3O3. The van der Waals surface area contributed by atoms with Crippen LogP contribution < -0.4 is 5.69 Å². The van der Waals surface area contributed by atoms with Crippen molar-refractivity contribution < 1.29 is 9.15 Å². The van der Waals surface area contributed by atoms with Crippen molar-refractivity contribution in [3.63, 3.8) is 0 Å². The number of nitrogens with one attached hydrogen (secondary N) is 1. The maximum Gasteiger partial charge on any atom is 0.326 e. The third-order valence-electron chi connectivity index (χ3n) is 6.11. The zero-order chi connectivity index (χ0) is 18.9. The maximum absolute atomic E-state index is 12.4. The van der Waals surface area contributed by atoms with Crippen molar-refractivity contribution in [3.8, 4) is 0 Å². The molecule has 0 spiro atoms. The molecule has 2 aromatic heterocycles. The number of fused-ring (bicyclic) bond motifs is 1. The second-order valence-corrected chi connectivity index (χ2v) is 7.98. The first-order chi connectivity index (χ1) is 13.8. The van der Waals surface area contributed by atoms with Gasteiger partial charge in [-0.05, 0) is 56.4 Å². The first-order valence-corrected chi connectivity index (χ1v) is 10.4. The van der Waals surface area contributed by atoms with Gasteiger partial charge in [-0.15, -0.1) is 0 Å². The Morgan fingerprint density at radius 2 is 1.89 bits per heavy atom. The summed E-state index contributed by atoms with van der Waals surface area (Å²) in [5, 5.41) is 0. The van der Waals surface area contributed by atoms with Crippen LogP contribution in [0.25, 0.3) is 11.0 Å². The lowest BCUT2D eigenvalue weighted by molar-refractivity contribution is 0.000736. The van der Waals surface area contributed by atoms with Crippen molar-refractivity contribution in [1.29, 1.82) is 0 Å². The fourth-order valence-corrected chi connectivity index (χ4v) is 4.61. The number of rotatable bonds is 4. The number of nitrogens with zero attached hydrogens (tertiary/aromatic N) is 2. The number of aromatic amines is 1. The van der Waals surface area contributed by atoms with E-state index in [1.807, 2.05) is 28.8 Å². The zero-order valence-corrected chi connectivity index (χ0v) is 16.1. The topological polar surface area (TPSA) is 63.4 Å². The zero-order valence-electron chi connectivity index (χ0n) is 16.1. The van der Waals surface area contributed by atoms with Crippen LogP contribution in [0.3, 0.4) is 0 Å². The molecule has 1 aromatic carbocycles. The van der Waals surface area contributed by atoms with Crippen LogP contribution in [0.1, 0.15) is 55.8 Å². The standard InChI is InChI=1S/C22H27N3O3/c26-22-23-18-5-1-2-6-19(18)25(22)16-10-12-24(13-11-16)15-17-8-9-21(28-17)20-7-3-4-14-27-20/h1-2,5-6,8-9,16,20H,3-4,7,10-15H2,(H,23,26). The Hall–Kier alpha value is -2.31. The Bertz CT molecular complexity index is 988. The number of hydrogen-bond acceptors (Lipinski definition) is 4. The Labute approximate surface area is 164 Å². The summed E-state index contributed by atoms with van der Waals surface area (Å²) >= 11 is 0. The molecule has 148 valence electrons. The van der Waals surface area contributed by atoms with Crippen molar-refractivity contribution in [2.45, 2.75) is 50.8 Å². The van der Waals surface area contributed by atoms with E-state index in [-0.39, 0.29) is 17.8 Å². The number of ether oxygens (including phenoxy) is 1. The molecule has 28 heavy (non-hydrogen) atoms. The predicted molar refractivity (Wildman–Crippen MR) is 107 cm³/mol. The maximum atomic E-state index is 12.4. The van der Waals surface area contributed by atoms with E-state index in [0.29, 0.717) is 0 Å². The van der Waals surface area contributed by atoms with E-state index in [2.05, 4.69) is 22.0 Å². The highest BCUT2D eigenvalue weighted by atomic mass is 16.5. The van der Waals surface area contributed by atoms with Crippen molar-refractivity contribution in [2.24, 2.45) is 0 Å². The monoisotopic (exact) mass is 381 g/mol. The van der Waals surface area contributed by atoms with Gasteiger partial charge in [0.25, 0.3) is 0 Å². The van der Waals surface area contributed by atoms with E-state index in [1.54, 1.807) is 0 Å². The molecule has 0 aliphatic carbocycles.